The molecule has 1 saturated carbocycles. The molecule has 1 atom stereocenters. The van der Waals surface area contributed by atoms with E-state index in [1.807, 2.05) is 32.6 Å². The van der Waals surface area contributed by atoms with Crippen LogP contribution in [0.3, 0.4) is 0 Å². The third-order valence-electron chi connectivity index (χ3n) is 4.78. The maximum absolute atomic E-state index is 12.6. The topological polar surface area (TPSA) is 85.8 Å². The molecular weight excluding hydrogens is 330 g/mol. The van der Waals surface area contributed by atoms with E-state index < -0.39 is 0 Å². The van der Waals surface area contributed by atoms with E-state index in [-0.39, 0.29) is 30.0 Å². The van der Waals surface area contributed by atoms with Gasteiger partial charge >= 0.3 is 0 Å². The highest BCUT2D eigenvalue weighted by molar-refractivity contribution is 5.85. The van der Waals surface area contributed by atoms with E-state index in [9.17, 15) is 9.59 Å². The predicted molar refractivity (Wildman–Crippen MR) is 104 cm³/mol. The first kappa shape index (κ1) is 20.5. The van der Waals surface area contributed by atoms with Gasteiger partial charge in [-0.15, -0.1) is 0 Å². The zero-order valence-corrected chi connectivity index (χ0v) is 16.7. The van der Waals surface area contributed by atoms with Crippen molar-refractivity contribution in [1.29, 1.82) is 0 Å². The fraction of sp³-hybridized carbons (Fsp3) is 0.842. The third kappa shape index (κ3) is 6.50. The van der Waals surface area contributed by atoms with Gasteiger partial charge in [-0.25, -0.2) is 4.99 Å². The van der Waals surface area contributed by atoms with Crippen molar-refractivity contribution in [2.24, 2.45) is 10.9 Å². The van der Waals surface area contributed by atoms with Gasteiger partial charge in [-0.2, -0.15) is 0 Å². The van der Waals surface area contributed by atoms with E-state index in [0.29, 0.717) is 18.4 Å². The average Bonchev–Trinajstić information content (AvgIpc) is 3.22. The second kappa shape index (κ2) is 9.24. The van der Waals surface area contributed by atoms with Crippen molar-refractivity contribution in [1.82, 2.24) is 20.9 Å². The summed E-state index contributed by atoms with van der Waals surface area (Å²) in [5, 5.41) is 9.47. The summed E-state index contributed by atoms with van der Waals surface area (Å²) >= 11 is 0. The van der Waals surface area contributed by atoms with Crippen LogP contribution in [0.2, 0.25) is 0 Å². The summed E-state index contributed by atoms with van der Waals surface area (Å²) in [4.78, 5) is 30.9. The van der Waals surface area contributed by atoms with Crippen molar-refractivity contribution in [3.63, 3.8) is 0 Å². The number of carbonyl (C=O) groups excluding carboxylic acids is 2. The van der Waals surface area contributed by atoms with Crippen molar-refractivity contribution < 1.29 is 9.59 Å². The highest BCUT2D eigenvalue weighted by atomic mass is 16.2. The number of nitrogens with zero attached hydrogens (tertiary/aromatic N) is 2. The lowest BCUT2D eigenvalue weighted by Gasteiger charge is -2.22. The average molecular weight is 366 g/mol. The largest absolute Gasteiger partial charge is 0.357 e. The Bertz CT molecular complexity index is 521. The van der Waals surface area contributed by atoms with Crippen molar-refractivity contribution >= 4 is 17.8 Å². The van der Waals surface area contributed by atoms with Crippen LogP contribution < -0.4 is 16.0 Å². The Morgan fingerprint density at radius 1 is 1.15 bits per heavy atom. The smallest absolute Gasteiger partial charge is 0.242 e. The van der Waals surface area contributed by atoms with E-state index in [4.69, 9.17) is 0 Å². The zero-order chi connectivity index (χ0) is 19.2. The minimum atomic E-state index is -0.259. The molecular formula is C19H35N5O2. The van der Waals surface area contributed by atoms with Crippen molar-refractivity contribution in [2.75, 3.05) is 26.2 Å². The minimum absolute atomic E-state index is 0.0873. The third-order valence-corrected chi connectivity index (χ3v) is 4.78. The maximum Gasteiger partial charge on any atom is 0.242 e. The first-order valence-corrected chi connectivity index (χ1v) is 9.93. The Balaban J connectivity index is 1.84. The van der Waals surface area contributed by atoms with Crippen LogP contribution in [-0.2, 0) is 9.59 Å². The minimum Gasteiger partial charge on any atom is -0.357 e. The summed E-state index contributed by atoms with van der Waals surface area (Å²) < 4.78 is 0. The van der Waals surface area contributed by atoms with Gasteiger partial charge in [-0.3, -0.25) is 9.59 Å². The van der Waals surface area contributed by atoms with E-state index in [1.165, 1.54) is 12.8 Å². The Kier molecular flexibility index (Phi) is 7.29. The summed E-state index contributed by atoms with van der Waals surface area (Å²) in [6, 6.07) is 0.184. The number of nitrogens with one attached hydrogen (secondary N) is 3. The second-order valence-electron chi connectivity index (χ2n) is 8.39. The molecule has 1 aliphatic carbocycles. The Hall–Kier alpha value is -1.79. The molecule has 2 rings (SSSR count). The van der Waals surface area contributed by atoms with Crippen LogP contribution in [0, 0.1) is 5.92 Å². The quantitative estimate of drug-likeness (QED) is 0.506. The first-order valence-electron chi connectivity index (χ1n) is 9.93. The Labute approximate surface area is 157 Å². The molecule has 148 valence electrons. The van der Waals surface area contributed by atoms with Crippen molar-refractivity contribution in [3.8, 4) is 0 Å². The van der Waals surface area contributed by atoms with E-state index in [1.54, 1.807) is 0 Å². The number of likely N-dealkylation sites (tertiary alicyclic amines) is 1. The van der Waals surface area contributed by atoms with Crippen LogP contribution in [0.4, 0.5) is 0 Å². The molecule has 2 aliphatic rings. The number of amides is 2. The second-order valence-corrected chi connectivity index (χ2v) is 8.39. The lowest BCUT2D eigenvalue weighted by molar-refractivity contribution is -0.134. The molecule has 1 unspecified atom stereocenters. The molecule has 2 amide bonds. The molecule has 0 aromatic heterocycles. The van der Waals surface area contributed by atoms with E-state index >= 15 is 0 Å². The van der Waals surface area contributed by atoms with Gasteiger partial charge in [0, 0.05) is 37.1 Å². The van der Waals surface area contributed by atoms with Crippen LogP contribution in [0.15, 0.2) is 4.99 Å². The van der Waals surface area contributed by atoms with Gasteiger partial charge < -0.3 is 20.9 Å². The first-order chi connectivity index (χ1) is 12.3. The molecule has 3 N–H and O–H groups in total. The number of hydrogen-bond donors (Lipinski definition) is 3. The number of aliphatic imine (C=N–C) groups is 1. The molecule has 2 fully saturated rings. The van der Waals surface area contributed by atoms with Gasteiger partial charge in [0.15, 0.2) is 5.96 Å². The Morgan fingerprint density at radius 2 is 1.85 bits per heavy atom. The van der Waals surface area contributed by atoms with Crippen molar-refractivity contribution in [2.45, 2.75) is 71.4 Å². The number of guanidine groups is 1. The SMILES string of the molecule is CCNC(=NCC(=O)NC(C)(C)C)NC1CCN(C(=O)C2CCCC2)C1. The molecule has 1 heterocycles. The summed E-state index contributed by atoms with van der Waals surface area (Å²) in [5.41, 5.74) is -0.259. The predicted octanol–water partition coefficient (Wildman–Crippen LogP) is 1.25. The summed E-state index contributed by atoms with van der Waals surface area (Å²) in [6.45, 7) is 10.2. The monoisotopic (exact) mass is 365 g/mol. The van der Waals surface area contributed by atoms with Gasteiger partial charge in [-0.1, -0.05) is 12.8 Å². The molecule has 1 saturated heterocycles. The van der Waals surface area contributed by atoms with Crippen LogP contribution in [0.1, 0.15) is 59.8 Å². The van der Waals surface area contributed by atoms with E-state index in [2.05, 4.69) is 20.9 Å². The summed E-state index contributed by atoms with van der Waals surface area (Å²) in [6.07, 6.45) is 5.36. The van der Waals surface area contributed by atoms with Crippen LogP contribution in [0.5, 0.6) is 0 Å². The van der Waals surface area contributed by atoms with Crippen LogP contribution in [0.25, 0.3) is 0 Å². The highest BCUT2D eigenvalue weighted by Crippen LogP contribution is 2.27. The summed E-state index contributed by atoms with van der Waals surface area (Å²) in [7, 11) is 0. The van der Waals surface area contributed by atoms with E-state index in [0.717, 1.165) is 32.4 Å². The fourth-order valence-electron chi connectivity index (χ4n) is 3.63. The zero-order valence-electron chi connectivity index (χ0n) is 16.7. The molecule has 0 aromatic rings. The number of rotatable bonds is 5. The van der Waals surface area contributed by atoms with Crippen LogP contribution in [-0.4, -0.2) is 60.4 Å². The van der Waals surface area contributed by atoms with Crippen LogP contribution >= 0.6 is 0 Å². The van der Waals surface area contributed by atoms with Crippen molar-refractivity contribution in [3.05, 3.63) is 0 Å². The lowest BCUT2D eigenvalue weighted by atomic mass is 10.1. The molecule has 7 heteroatoms. The molecule has 1 aliphatic heterocycles. The van der Waals surface area contributed by atoms with Gasteiger partial charge in [0.25, 0.3) is 0 Å². The van der Waals surface area contributed by atoms with Gasteiger partial charge in [-0.05, 0) is 47.0 Å². The highest BCUT2D eigenvalue weighted by Gasteiger charge is 2.32. The number of hydrogen-bond acceptors (Lipinski definition) is 3. The molecule has 0 spiro atoms. The standard InChI is InChI=1S/C19H35N5O2/c1-5-20-18(21-12-16(25)23-19(2,3)4)22-15-10-11-24(13-15)17(26)14-8-6-7-9-14/h14-15H,5-13H2,1-4H3,(H,23,25)(H2,20,21,22). The maximum atomic E-state index is 12.6. The van der Waals surface area contributed by atoms with Gasteiger partial charge in [0.05, 0.1) is 0 Å². The summed E-state index contributed by atoms with van der Waals surface area (Å²) in [5.74, 6) is 1.09. The fourth-order valence-corrected chi connectivity index (χ4v) is 3.63. The lowest BCUT2D eigenvalue weighted by Crippen LogP contribution is -2.46. The normalized spacial score (nSPS) is 21.8. The number of carbonyl (C=O) groups is 2. The molecule has 0 aromatic carbocycles. The van der Waals surface area contributed by atoms with Gasteiger partial charge in [0.1, 0.15) is 6.54 Å². The molecule has 7 nitrogen and oxygen atoms in total. The molecule has 26 heavy (non-hydrogen) atoms. The Morgan fingerprint density at radius 3 is 2.46 bits per heavy atom. The van der Waals surface area contributed by atoms with Gasteiger partial charge in [0.2, 0.25) is 11.8 Å². The molecule has 0 radical (unpaired) electrons. The molecule has 0 bridgehead atoms.